The first-order valence-corrected chi connectivity index (χ1v) is 16.5. The largest absolute Gasteiger partial charge is 0.481 e. The smallest absolute Gasteiger partial charge is 0.303 e. The third kappa shape index (κ3) is 8.21. The zero-order chi connectivity index (χ0) is 24.7. The molecule has 0 aliphatic heterocycles. The molecule has 0 aromatic rings. The van der Waals surface area contributed by atoms with Crippen molar-refractivity contribution in [2.24, 2.45) is 11.3 Å². The van der Waals surface area contributed by atoms with E-state index in [4.69, 9.17) is 9.53 Å². The fourth-order valence-electron chi connectivity index (χ4n) is 5.55. The van der Waals surface area contributed by atoms with Crippen LogP contribution in [0.25, 0.3) is 0 Å². The van der Waals surface area contributed by atoms with Gasteiger partial charge in [-0.05, 0) is 69.0 Å². The Morgan fingerprint density at radius 1 is 1.15 bits per heavy atom. The van der Waals surface area contributed by atoms with Gasteiger partial charge >= 0.3 is 5.97 Å². The van der Waals surface area contributed by atoms with Gasteiger partial charge in [0.05, 0.1) is 6.10 Å². The number of carboxylic acids is 1. The topological polar surface area (TPSA) is 66.8 Å². The fourth-order valence-corrected chi connectivity index (χ4v) is 6.97. The van der Waals surface area contributed by atoms with Gasteiger partial charge in [-0.15, -0.1) is 0 Å². The molecule has 192 valence electrons. The number of aliphatic carboxylic acids is 1. The van der Waals surface area contributed by atoms with Gasteiger partial charge in [0.2, 0.25) is 0 Å². The third-order valence-electron chi connectivity index (χ3n) is 9.02. The van der Waals surface area contributed by atoms with Gasteiger partial charge in [0.25, 0.3) is 0 Å². The molecule has 0 spiro atoms. The Kier molecular flexibility index (Phi) is 10.7. The lowest BCUT2D eigenvalue weighted by Gasteiger charge is -2.43. The average molecular weight is 481 g/mol. The molecule has 0 heterocycles. The van der Waals surface area contributed by atoms with Gasteiger partial charge in [0.15, 0.2) is 8.32 Å². The number of hydrogen-bond donors (Lipinski definition) is 2. The van der Waals surface area contributed by atoms with Crippen LogP contribution in [0.5, 0.6) is 0 Å². The molecule has 0 unspecified atom stereocenters. The molecule has 0 radical (unpaired) electrons. The highest BCUT2D eigenvalue weighted by Crippen LogP contribution is 2.47. The van der Waals surface area contributed by atoms with Crippen LogP contribution in [0.15, 0.2) is 11.6 Å². The van der Waals surface area contributed by atoms with E-state index in [1.165, 1.54) is 37.7 Å². The van der Waals surface area contributed by atoms with Gasteiger partial charge in [0.1, 0.15) is 0 Å². The van der Waals surface area contributed by atoms with Crippen molar-refractivity contribution < 1.29 is 19.4 Å². The summed E-state index contributed by atoms with van der Waals surface area (Å²) in [6.07, 6.45) is 16.9. The monoisotopic (exact) mass is 480 g/mol. The zero-order valence-electron chi connectivity index (χ0n) is 22.4. The van der Waals surface area contributed by atoms with E-state index in [0.717, 1.165) is 51.4 Å². The summed E-state index contributed by atoms with van der Waals surface area (Å²) in [4.78, 5) is 10.7. The quantitative estimate of drug-likeness (QED) is 0.160. The van der Waals surface area contributed by atoms with E-state index in [0.29, 0.717) is 12.0 Å². The maximum Gasteiger partial charge on any atom is 0.303 e. The van der Waals surface area contributed by atoms with Crippen LogP contribution in [0.3, 0.4) is 0 Å². The lowest BCUT2D eigenvalue weighted by molar-refractivity contribution is -0.137. The summed E-state index contributed by atoms with van der Waals surface area (Å²) in [6, 6.07) is 0. The molecule has 2 rings (SSSR count). The van der Waals surface area contributed by atoms with E-state index in [-0.39, 0.29) is 23.0 Å². The first kappa shape index (κ1) is 28.6. The predicted octanol–water partition coefficient (Wildman–Crippen LogP) is 7.86. The molecule has 1 saturated carbocycles. The first-order chi connectivity index (χ1) is 15.4. The molecular weight excluding hydrogens is 428 g/mol. The van der Waals surface area contributed by atoms with Crippen molar-refractivity contribution >= 4 is 14.3 Å². The number of hydrogen-bond acceptors (Lipinski definition) is 3. The molecule has 4 nitrogen and oxygen atoms in total. The normalized spacial score (nSPS) is 25.8. The van der Waals surface area contributed by atoms with E-state index in [2.05, 4.69) is 46.9 Å². The number of carbonyl (C=O) groups is 1. The Labute approximate surface area is 204 Å². The summed E-state index contributed by atoms with van der Waals surface area (Å²) in [5, 5.41) is 19.9. The fraction of sp³-hybridized carbons (Fsp3) is 0.893. The van der Waals surface area contributed by atoms with Crippen LogP contribution in [0.4, 0.5) is 0 Å². The van der Waals surface area contributed by atoms with Crippen LogP contribution in [-0.2, 0) is 9.22 Å². The Bertz CT molecular complexity index is 645. The van der Waals surface area contributed by atoms with Gasteiger partial charge in [-0.2, -0.15) is 0 Å². The van der Waals surface area contributed by atoms with Crippen molar-refractivity contribution in [2.75, 3.05) is 0 Å². The maximum atomic E-state index is 10.8. The van der Waals surface area contributed by atoms with Gasteiger partial charge in [-0.3, -0.25) is 4.79 Å². The van der Waals surface area contributed by atoms with Crippen LogP contribution in [0.2, 0.25) is 18.1 Å². The van der Waals surface area contributed by atoms with Crippen molar-refractivity contribution in [3.05, 3.63) is 11.6 Å². The second-order valence-electron chi connectivity index (χ2n) is 12.6. The molecule has 3 atom stereocenters. The highest BCUT2D eigenvalue weighted by atomic mass is 28.4. The molecule has 0 bridgehead atoms. The molecule has 0 amide bonds. The first-order valence-electron chi connectivity index (χ1n) is 13.6. The van der Waals surface area contributed by atoms with Crippen LogP contribution in [-0.4, -0.2) is 36.7 Å². The van der Waals surface area contributed by atoms with Crippen LogP contribution in [0.1, 0.15) is 118 Å². The van der Waals surface area contributed by atoms with Crippen molar-refractivity contribution in [2.45, 2.75) is 148 Å². The molecule has 2 aliphatic rings. The highest BCUT2D eigenvalue weighted by Gasteiger charge is 2.43. The Hall–Kier alpha value is -0.653. The van der Waals surface area contributed by atoms with E-state index in [1.807, 2.05) is 0 Å². The predicted molar refractivity (Wildman–Crippen MR) is 140 cm³/mol. The van der Waals surface area contributed by atoms with E-state index >= 15 is 0 Å². The number of aliphatic hydroxyl groups excluding tert-OH is 1. The molecule has 33 heavy (non-hydrogen) atoms. The summed E-state index contributed by atoms with van der Waals surface area (Å²) in [7, 11) is -1.83. The number of aliphatic hydroxyl groups is 1. The molecular formula is C28H52O4Si. The summed E-state index contributed by atoms with van der Waals surface area (Å²) in [5.74, 6) is -0.0221. The molecule has 5 heteroatoms. The van der Waals surface area contributed by atoms with Crippen molar-refractivity contribution in [1.29, 1.82) is 0 Å². The highest BCUT2D eigenvalue weighted by molar-refractivity contribution is 6.74. The van der Waals surface area contributed by atoms with Gasteiger partial charge < -0.3 is 14.6 Å². The summed E-state index contributed by atoms with van der Waals surface area (Å²) >= 11 is 0. The van der Waals surface area contributed by atoms with Crippen molar-refractivity contribution in [3.8, 4) is 0 Å². The molecule has 0 aromatic carbocycles. The van der Waals surface area contributed by atoms with Gasteiger partial charge in [-0.25, -0.2) is 0 Å². The van der Waals surface area contributed by atoms with Crippen LogP contribution in [0, 0.1) is 11.3 Å². The second kappa shape index (κ2) is 12.4. The molecule has 1 fully saturated rings. The van der Waals surface area contributed by atoms with E-state index < -0.39 is 14.3 Å². The summed E-state index contributed by atoms with van der Waals surface area (Å²) < 4.78 is 7.04. The Balaban J connectivity index is 1.98. The van der Waals surface area contributed by atoms with Crippen molar-refractivity contribution in [1.82, 2.24) is 0 Å². The molecule has 2 aliphatic carbocycles. The standard InChI is InChI=1S/C28H52O4Si/c1-27(2,3)33(5,6)32-24(22-14-10-9-11-15-22)19-17-23-18-20-25(29)28(23,4)21-13-8-7-12-16-26(30)31/h18,22,24-25,29H,7-17,19-21H2,1-6H3,(H,30,31)/t24-,25-,28+/m0/s1. The van der Waals surface area contributed by atoms with E-state index in [9.17, 15) is 9.90 Å². The SMILES string of the molecule is CC(C)(C)[Si](C)(C)O[C@@H](CCC1=CC[C@H](O)[C@]1(C)CCCCCCC(=O)O)C1CCCCC1. The minimum atomic E-state index is -1.83. The maximum absolute atomic E-state index is 10.8. The lowest BCUT2D eigenvalue weighted by atomic mass is 9.74. The van der Waals surface area contributed by atoms with Gasteiger partial charge in [0, 0.05) is 17.9 Å². The Morgan fingerprint density at radius 2 is 1.79 bits per heavy atom. The molecule has 2 N–H and O–H groups in total. The lowest BCUT2D eigenvalue weighted by Crippen LogP contribution is -2.46. The minimum absolute atomic E-state index is 0.138. The van der Waals surface area contributed by atoms with Crippen LogP contribution < -0.4 is 0 Å². The third-order valence-corrected chi connectivity index (χ3v) is 13.5. The number of carboxylic acid groups (broad SMARTS) is 1. The minimum Gasteiger partial charge on any atom is -0.481 e. The Morgan fingerprint density at radius 3 is 2.39 bits per heavy atom. The van der Waals surface area contributed by atoms with Crippen LogP contribution >= 0.6 is 0 Å². The number of rotatable bonds is 13. The molecule has 0 aromatic heterocycles. The molecule has 0 saturated heterocycles. The summed E-state index contributed by atoms with van der Waals surface area (Å²) in [6.45, 7) is 14.0. The van der Waals surface area contributed by atoms with Crippen molar-refractivity contribution in [3.63, 3.8) is 0 Å². The zero-order valence-corrected chi connectivity index (χ0v) is 23.4. The van der Waals surface area contributed by atoms with E-state index in [1.54, 1.807) is 0 Å². The number of unbranched alkanes of at least 4 members (excludes halogenated alkanes) is 3. The van der Waals surface area contributed by atoms with Gasteiger partial charge in [-0.1, -0.05) is 77.9 Å². The second-order valence-corrected chi connectivity index (χ2v) is 17.3. The summed E-state index contributed by atoms with van der Waals surface area (Å²) in [5.41, 5.74) is 1.29. The average Bonchev–Trinajstić information content (AvgIpc) is 3.01.